The highest BCUT2D eigenvalue weighted by Gasteiger charge is 2.46. The standard InChI is InChI=1S/C61H39NOS/c1-3-17-44(18-4-1)61(45-19-5-2-6-20-45)54-25-10-7-21-48(54)52-39-47(34-35-55(52)61)62(56-26-14-24-51-50-23-9-12-28-59(50)64-60(51)56)46-32-29-40(30-33-46)41-15-13-16-42(37-41)43-31-36-58-53(38-43)49-22-8-11-27-57(49)63-58/h1-39H. The van der Waals surface area contributed by atoms with Gasteiger partial charge >= 0.3 is 0 Å². The summed E-state index contributed by atoms with van der Waals surface area (Å²) in [7, 11) is 0. The molecule has 300 valence electrons. The zero-order chi connectivity index (χ0) is 42.2. The number of nitrogens with zero attached hydrogens (tertiary/aromatic N) is 1. The molecule has 0 saturated heterocycles. The van der Waals surface area contributed by atoms with Gasteiger partial charge in [-0.05, 0) is 116 Å². The highest BCUT2D eigenvalue weighted by Crippen LogP contribution is 2.57. The lowest BCUT2D eigenvalue weighted by Gasteiger charge is -2.34. The van der Waals surface area contributed by atoms with Crippen molar-refractivity contribution in [3.8, 4) is 33.4 Å². The minimum absolute atomic E-state index is 0.461. The van der Waals surface area contributed by atoms with Crippen LogP contribution in [0.25, 0.3) is 75.5 Å². The molecule has 0 radical (unpaired) electrons. The fourth-order valence-corrected chi connectivity index (χ4v) is 11.7. The van der Waals surface area contributed by atoms with E-state index in [1.165, 1.54) is 81.5 Å². The summed E-state index contributed by atoms with van der Waals surface area (Å²) in [6.45, 7) is 0. The van der Waals surface area contributed by atoms with Crippen molar-refractivity contribution in [2.75, 3.05) is 4.90 Å². The first-order valence-corrected chi connectivity index (χ1v) is 22.7. The Labute approximate surface area is 375 Å². The van der Waals surface area contributed by atoms with Crippen LogP contribution in [-0.2, 0) is 5.41 Å². The molecule has 2 aromatic heterocycles. The average Bonchev–Trinajstić information content (AvgIpc) is 4.03. The fourth-order valence-electron chi connectivity index (χ4n) is 10.5. The Morgan fingerprint density at radius 2 is 0.953 bits per heavy atom. The molecule has 0 unspecified atom stereocenters. The Hall–Kier alpha value is -7.98. The van der Waals surface area contributed by atoms with Crippen LogP contribution in [0.15, 0.2) is 241 Å². The number of thiophene rings is 1. The summed E-state index contributed by atoms with van der Waals surface area (Å²) in [6, 6.07) is 86.6. The van der Waals surface area contributed by atoms with Crippen LogP contribution in [0.3, 0.4) is 0 Å². The molecular formula is C61H39NOS. The van der Waals surface area contributed by atoms with E-state index in [1.807, 2.05) is 23.5 Å². The molecule has 0 fully saturated rings. The third-order valence-corrected chi connectivity index (χ3v) is 14.6. The third kappa shape index (κ3) is 5.58. The van der Waals surface area contributed by atoms with Crippen molar-refractivity contribution in [1.29, 1.82) is 0 Å². The summed E-state index contributed by atoms with van der Waals surface area (Å²) in [5.74, 6) is 0. The van der Waals surface area contributed by atoms with Gasteiger partial charge in [-0.15, -0.1) is 11.3 Å². The van der Waals surface area contributed by atoms with Crippen LogP contribution in [0.4, 0.5) is 17.1 Å². The lowest BCUT2D eigenvalue weighted by atomic mass is 9.68. The van der Waals surface area contributed by atoms with Gasteiger partial charge in [0.2, 0.25) is 0 Å². The Kier molecular flexibility index (Phi) is 8.34. The van der Waals surface area contributed by atoms with E-state index in [9.17, 15) is 0 Å². The van der Waals surface area contributed by atoms with E-state index in [0.29, 0.717) is 0 Å². The van der Waals surface area contributed by atoms with Gasteiger partial charge in [0.05, 0.1) is 15.8 Å². The van der Waals surface area contributed by atoms with E-state index in [1.54, 1.807) is 0 Å². The molecule has 10 aromatic carbocycles. The molecule has 0 bridgehead atoms. The van der Waals surface area contributed by atoms with Gasteiger partial charge in [-0.1, -0.05) is 176 Å². The van der Waals surface area contributed by atoms with Crippen LogP contribution in [-0.4, -0.2) is 0 Å². The molecule has 0 amide bonds. The molecule has 2 nitrogen and oxygen atoms in total. The summed E-state index contributed by atoms with van der Waals surface area (Å²) in [5.41, 5.74) is 17.1. The van der Waals surface area contributed by atoms with Crippen molar-refractivity contribution in [3.63, 3.8) is 0 Å². The lowest BCUT2D eigenvalue weighted by molar-refractivity contribution is 0.669. The zero-order valence-electron chi connectivity index (χ0n) is 34.8. The van der Waals surface area contributed by atoms with Gasteiger partial charge in [0, 0.05) is 37.6 Å². The summed E-state index contributed by atoms with van der Waals surface area (Å²) < 4.78 is 8.71. The monoisotopic (exact) mass is 833 g/mol. The van der Waals surface area contributed by atoms with Crippen LogP contribution in [0.5, 0.6) is 0 Å². The van der Waals surface area contributed by atoms with Crippen molar-refractivity contribution in [2.45, 2.75) is 5.41 Å². The van der Waals surface area contributed by atoms with Crippen LogP contribution >= 0.6 is 11.3 Å². The van der Waals surface area contributed by atoms with Gasteiger partial charge in [0.25, 0.3) is 0 Å². The van der Waals surface area contributed by atoms with E-state index in [4.69, 9.17) is 4.42 Å². The molecular weight excluding hydrogens is 795 g/mol. The van der Waals surface area contributed by atoms with Crippen LogP contribution in [0.2, 0.25) is 0 Å². The van der Waals surface area contributed by atoms with Crippen molar-refractivity contribution in [1.82, 2.24) is 0 Å². The second-order valence-corrected chi connectivity index (χ2v) is 17.8. The minimum atomic E-state index is -0.461. The SMILES string of the molecule is c1ccc(C2(c3ccccc3)c3ccccc3-c3cc(N(c4ccc(-c5cccc(-c6ccc7oc8ccccc8c7c6)c5)cc4)c4cccc5c4sc4ccccc45)ccc32)cc1. The summed E-state index contributed by atoms with van der Waals surface area (Å²) in [6.07, 6.45) is 0. The van der Waals surface area contributed by atoms with E-state index in [-0.39, 0.29) is 0 Å². The maximum absolute atomic E-state index is 6.15. The van der Waals surface area contributed by atoms with E-state index in [2.05, 4.69) is 229 Å². The van der Waals surface area contributed by atoms with Crippen LogP contribution in [0, 0.1) is 0 Å². The molecule has 0 N–H and O–H groups in total. The molecule has 64 heavy (non-hydrogen) atoms. The Balaban J connectivity index is 0.965. The molecule has 0 atom stereocenters. The van der Waals surface area contributed by atoms with Gasteiger partial charge in [-0.25, -0.2) is 0 Å². The zero-order valence-corrected chi connectivity index (χ0v) is 35.6. The van der Waals surface area contributed by atoms with E-state index < -0.39 is 5.41 Å². The lowest BCUT2D eigenvalue weighted by Crippen LogP contribution is -2.28. The third-order valence-electron chi connectivity index (χ3n) is 13.4. The predicted octanol–water partition coefficient (Wildman–Crippen LogP) is 17.1. The van der Waals surface area contributed by atoms with Crippen LogP contribution in [0.1, 0.15) is 22.3 Å². The first kappa shape index (κ1) is 36.7. The Bertz CT molecular complexity index is 3690. The first-order valence-electron chi connectivity index (χ1n) is 21.9. The number of para-hydroxylation sites is 1. The molecule has 1 aliphatic carbocycles. The van der Waals surface area contributed by atoms with E-state index in [0.717, 1.165) is 33.3 Å². The number of hydrogen-bond donors (Lipinski definition) is 0. The van der Waals surface area contributed by atoms with Crippen LogP contribution < -0.4 is 4.90 Å². The first-order chi connectivity index (χ1) is 31.7. The number of rotatable bonds is 7. The number of fused-ring (bicyclic) bond motifs is 9. The predicted molar refractivity (Wildman–Crippen MR) is 269 cm³/mol. The van der Waals surface area contributed by atoms with Gasteiger partial charge in [0.1, 0.15) is 11.2 Å². The molecule has 0 saturated carbocycles. The summed E-state index contributed by atoms with van der Waals surface area (Å²) in [4.78, 5) is 2.47. The van der Waals surface area contributed by atoms with Gasteiger partial charge in [0.15, 0.2) is 0 Å². The van der Waals surface area contributed by atoms with Crippen molar-refractivity contribution >= 4 is 70.5 Å². The highest BCUT2D eigenvalue weighted by atomic mass is 32.1. The largest absolute Gasteiger partial charge is 0.456 e. The number of benzene rings is 10. The number of furan rings is 1. The maximum Gasteiger partial charge on any atom is 0.135 e. The van der Waals surface area contributed by atoms with Gasteiger partial charge in [-0.3, -0.25) is 0 Å². The average molecular weight is 834 g/mol. The molecule has 1 aliphatic rings. The quantitative estimate of drug-likeness (QED) is 0.159. The molecule has 12 aromatic rings. The number of hydrogen-bond acceptors (Lipinski definition) is 3. The van der Waals surface area contributed by atoms with Gasteiger partial charge in [-0.2, -0.15) is 0 Å². The van der Waals surface area contributed by atoms with Gasteiger partial charge < -0.3 is 9.32 Å². The second-order valence-electron chi connectivity index (χ2n) is 16.8. The van der Waals surface area contributed by atoms with Crippen molar-refractivity contribution in [3.05, 3.63) is 259 Å². The van der Waals surface area contributed by atoms with Crippen molar-refractivity contribution in [2.24, 2.45) is 0 Å². The smallest absolute Gasteiger partial charge is 0.135 e. The molecule has 0 spiro atoms. The normalized spacial score (nSPS) is 12.8. The van der Waals surface area contributed by atoms with Crippen molar-refractivity contribution < 1.29 is 4.42 Å². The molecule has 0 aliphatic heterocycles. The maximum atomic E-state index is 6.15. The fraction of sp³-hybridized carbons (Fsp3) is 0.0164. The van der Waals surface area contributed by atoms with E-state index >= 15 is 0 Å². The molecule has 13 rings (SSSR count). The minimum Gasteiger partial charge on any atom is -0.456 e. The summed E-state index contributed by atoms with van der Waals surface area (Å²) in [5, 5.41) is 4.84. The summed E-state index contributed by atoms with van der Waals surface area (Å²) >= 11 is 1.87. The Morgan fingerprint density at radius 1 is 0.359 bits per heavy atom. The molecule has 2 heterocycles. The number of anilines is 3. The topological polar surface area (TPSA) is 16.4 Å². The molecule has 3 heteroatoms. The highest BCUT2D eigenvalue weighted by molar-refractivity contribution is 7.26. The Morgan fingerprint density at radius 3 is 1.77 bits per heavy atom. The second kappa shape index (κ2) is 14.6.